The van der Waals surface area contributed by atoms with Gasteiger partial charge in [0.1, 0.15) is 11.5 Å². The summed E-state index contributed by atoms with van der Waals surface area (Å²) < 4.78 is 0. The normalized spacial score (nSPS) is 11.0. The Labute approximate surface area is 174 Å². The molecule has 30 heavy (non-hydrogen) atoms. The fourth-order valence-electron chi connectivity index (χ4n) is 2.93. The minimum atomic E-state index is -0.0696. The maximum Gasteiger partial charge on any atom is 0.244 e. The number of benzene rings is 3. The van der Waals surface area contributed by atoms with Gasteiger partial charge in [-0.15, -0.1) is 0 Å². The van der Waals surface area contributed by atoms with Gasteiger partial charge in [0.15, 0.2) is 0 Å². The van der Waals surface area contributed by atoms with Crippen molar-refractivity contribution in [2.75, 3.05) is 5.43 Å². The van der Waals surface area contributed by atoms with E-state index in [1.165, 1.54) is 23.9 Å². The van der Waals surface area contributed by atoms with Crippen molar-refractivity contribution in [3.05, 3.63) is 90.0 Å². The van der Waals surface area contributed by atoms with E-state index in [1.807, 2.05) is 67.6 Å². The molecule has 6 nitrogen and oxygen atoms in total. The second kappa shape index (κ2) is 8.45. The minimum absolute atomic E-state index is 0.0146. The number of hydrogen-bond acceptors (Lipinski definition) is 6. The van der Waals surface area contributed by atoms with Gasteiger partial charge in [0, 0.05) is 22.8 Å². The van der Waals surface area contributed by atoms with Gasteiger partial charge in [-0.05, 0) is 25.1 Å². The third-order valence-corrected chi connectivity index (χ3v) is 4.53. The number of hydrogen-bond donors (Lipinski definition) is 3. The van der Waals surface area contributed by atoms with Gasteiger partial charge < -0.3 is 10.2 Å². The SMILES string of the molecule is Cc1ccc(-c2cc(-c3ccccc3)nc(N/N=C/c3ccc(O)cc3O)n2)cc1. The molecule has 0 atom stereocenters. The third-order valence-electron chi connectivity index (χ3n) is 4.53. The molecule has 3 aromatic carbocycles. The molecule has 0 aliphatic heterocycles. The number of phenols is 2. The Hall–Kier alpha value is -4.19. The Bertz CT molecular complexity index is 1190. The maximum atomic E-state index is 9.89. The quantitative estimate of drug-likeness (QED) is 0.327. The number of nitrogens with one attached hydrogen (secondary N) is 1. The molecule has 0 saturated heterocycles. The van der Waals surface area contributed by atoms with Crippen LogP contribution in [0.15, 0.2) is 84.0 Å². The lowest BCUT2D eigenvalue weighted by Gasteiger charge is -2.09. The van der Waals surface area contributed by atoms with Crippen LogP contribution < -0.4 is 5.43 Å². The lowest BCUT2D eigenvalue weighted by atomic mass is 10.1. The van der Waals surface area contributed by atoms with Gasteiger partial charge in [-0.25, -0.2) is 15.4 Å². The van der Waals surface area contributed by atoms with Crippen molar-refractivity contribution in [2.45, 2.75) is 6.92 Å². The van der Waals surface area contributed by atoms with Gasteiger partial charge in [-0.1, -0.05) is 60.2 Å². The molecule has 0 spiro atoms. The van der Waals surface area contributed by atoms with E-state index in [-0.39, 0.29) is 11.5 Å². The van der Waals surface area contributed by atoms with E-state index in [2.05, 4.69) is 20.5 Å². The van der Waals surface area contributed by atoms with Crippen molar-refractivity contribution in [3.63, 3.8) is 0 Å². The standard InChI is InChI=1S/C24H20N4O2/c1-16-7-9-18(10-8-16)22-14-21(17-5-3-2-4-6-17)26-24(27-22)28-25-15-19-11-12-20(29)13-23(19)30/h2-15,29-30H,1H3,(H,26,27,28)/b25-15+. The molecular weight excluding hydrogens is 376 g/mol. The molecule has 1 heterocycles. The molecule has 148 valence electrons. The first-order valence-electron chi connectivity index (χ1n) is 9.41. The third kappa shape index (κ3) is 4.44. The Morgan fingerprint density at radius 3 is 2.13 bits per heavy atom. The van der Waals surface area contributed by atoms with Crippen molar-refractivity contribution < 1.29 is 10.2 Å². The minimum Gasteiger partial charge on any atom is -0.508 e. The zero-order valence-corrected chi connectivity index (χ0v) is 16.3. The summed E-state index contributed by atoms with van der Waals surface area (Å²) in [6.07, 6.45) is 1.44. The van der Waals surface area contributed by atoms with Gasteiger partial charge in [-0.2, -0.15) is 5.10 Å². The van der Waals surface area contributed by atoms with Crippen LogP contribution in [0, 0.1) is 6.92 Å². The van der Waals surface area contributed by atoms with Crippen LogP contribution in [-0.2, 0) is 0 Å². The molecule has 0 saturated carbocycles. The van der Waals surface area contributed by atoms with E-state index >= 15 is 0 Å². The fourth-order valence-corrected chi connectivity index (χ4v) is 2.93. The molecule has 4 rings (SSSR count). The van der Waals surface area contributed by atoms with E-state index < -0.39 is 0 Å². The summed E-state index contributed by atoms with van der Waals surface area (Å²) in [5.74, 6) is 0.250. The fraction of sp³-hybridized carbons (Fsp3) is 0.0417. The van der Waals surface area contributed by atoms with Crippen LogP contribution in [0.2, 0.25) is 0 Å². The largest absolute Gasteiger partial charge is 0.508 e. The number of rotatable bonds is 5. The molecule has 0 bridgehead atoms. The van der Waals surface area contributed by atoms with Crippen LogP contribution in [0.5, 0.6) is 11.5 Å². The summed E-state index contributed by atoms with van der Waals surface area (Å²) in [6.45, 7) is 2.04. The molecule has 0 radical (unpaired) electrons. The van der Waals surface area contributed by atoms with Gasteiger partial charge in [-0.3, -0.25) is 0 Å². The highest BCUT2D eigenvalue weighted by Gasteiger charge is 2.08. The molecule has 4 aromatic rings. The Kier molecular flexibility index (Phi) is 5.39. The highest BCUT2D eigenvalue weighted by atomic mass is 16.3. The van der Waals surface area contributed by atoms with Crippen molar-refractivity contribution in [3.8, 4) is 34.0 Å². The predicted octanol–water partition coefficient (Wildman–Crippen LogP) is 4.98. The van der Waals surface area contributed by atoms with E-state index in [1.54, 1.807) is 6.07 Å². The topological polar surface area (TPSA) is 90.6 Å². The number of aromatic nitrogens is 2. The van der Waals surface area contributed by atoms with Crippen LogP contribution in [0.3, 0.4) is 0 Å². The predicted molar refractivity (Wildman–Crippen MR) is 119 cm³/mol. The number of nitrogens with zero attached hydrogens (tertiary/aromatic N) is 3. The van der Waals surface area contributed by atoms with Crippen LogP contribution >= 0.6 is 0 Å². The van der Waals surface area contributed by atoms with Gasteiger partial charge in [0.05, 0.1) is 17.6 Å². The van der Waals surface area contributed by atoms with Crippen molar-refractivity contribution in [1.29, 1.82) is 0 Å². The second-order valence-corrected chi connectivity index (χ2v) is 6.81. The molecular formula is C24H20N4O2. The van der Waals surface area contributed by atoms with Crippen LogP contribution in [0.1, 0.15) is 11.1 Å². The Morgan fingerprint density at radius 2 is 1.47 bits per heavy atom. The maximum absolute atomic E-state index is 9.89. The van der Waals surface area contributed by atoms with Gasteiger partial charge in [0.25, 0.3) is 0 Å². The molecule has 1 aromatic heterocycles. The van der Waals surface area contributed by atoms with E-state index in [9.17, 15) is 10.2 Å². The lowest BCUT2D eigenvalue weighted by Crippen LogP contribution is -2.00. The van der Waals surface area contributed by atoms with E-state index in [4.69, 9.17) is 0 Å². The molecule has 0 fully saturated rings. The van der Waals surface area contributed by atoms with E-state index in [0.29, 0.717) is 11.5 Å². The summed E-state index contributed by atoms with van der Waals surface area (Å²) in [5.41, 5.74) is 7.96. The number of anilines is 1. The molecule has 3 N–H and O–H groups in total. The summed E-state index contributed by atoms with van der Waals surface area (Å²) in [6, 6.07) is 24.2. The zero-order chi connectivity index (χ0) is 20.9. The number of aryl methyl sites for hydroxylation is 1. The average molecular weight is 396 g/mol. The monoisotopic (exact) mass is 396 g/mol. The first kappa shape index (κ1) is 19.1. The van der Waals surface area contributed by atoms with Crippen LogP contribution in [0.25, 0.3) is 22.5 Å². The molecule has 0 unspecified atom stereocenters. The smallest absolute Gasteiger partial charge is 0.244 e. The zero-order valence-electron chi connectivity index (χ0n) is 16.3. The van der Waals surface area contributed by atoms with Gasteiger partial charge >= 0.3 is 0 Å². The first-order chi connectivity index (χ1) is 14.6. The molecule has 0 amide bonds. The lowest BCUT2D eigenvalue weighted by molar-refractivity contribution is 0.450. The number of aromatic hydroxyl groups is 2. The molecule has 0 aliphatic carbocycles. The summed E-state index contributed by atoms with van der Waals surface area (Å²) in [4.78, 5) is 9.16. The van der Waals surface area contributed by atoms with Gasteiger partial charge in [0.2, 0.25) is 5.95 Å². The summed E-state index contributed by atoms with van der Waals surface area (Å²) in [7, 11) is 0. The van der Waals surface area contributed by atoms with Crippen LogP contribution in [0.4, 0.5) is 5.95 Å². The molecule has 0 aliphatic rings. The van der Waals surface area contributed by atoms with Crippen molar-refractivity contribution in [1.82, 2.24) is 9.97 Å². The molecule has 6 heteroatoms. The van der Waals surface area contributed by atoms with E-state index in [0.717, 1.165) is 22.5 Å². The number of phenolic OH excluding ortho intramolecular Hbond substituents is 2. The first-order valence-corrected chi connectivity index (χ1v) is 9.41. The number of hydrazone groups is 1. The highest BCUT2D eigenvalue weighted by molar-refractivity contribution is 5.84. The second-order valence-electron chi connectivity index (χ2n) is 6.81. The van der Waals surface area contributed by atoms with Crippen molar-refractivity contribution in [2.24, 2.45) is 5.10 Å². The van der Waals surface area contributed by atoms with Crippen LogP contribution in [-0.4, -0.2) is 26.4 Å². The Balaban J connectivity index is 1.68. The Morgan fingerprint density at radius 1 is 0.800 bits per heavy atom. The average Bonchev–Trinajstić information content (AvgIpc) is 2.76. The highest BCUT2D eigenvalue weighted by Crippen LogP contribution is 2.26. The summed E-state index contributed by atoms with van der Waals surface area (Å²) in [5, 5.41) is 23.4. The summed E-state index contributed by atoms with van der Waals surface area (Å²) >= 11 is 0. The van der Waals surface area contributed by atoms with Crippen molar-refractivity contribution >= 4 is 12.2 Å².